The van der Waals surface area contributed by atoms with E-state index in [4.69, 9.17) is 4.74 Å². The Balaban J connectivity index is 4.00. The lowest BCUT2D eigenvalue weighted by atomic mass is 9.97. The third kappa shape index (κ3) is 6.61. The number of hydrogen-bond donors (Lipinski definition) is 2. The van der Waals surface area contributed by atoms with Crippen LogP contribution in [0.2, 0.25) is 0 Å². The number of methoxy groups -OCH3 is 1. The van der Waals surface area contributed by atoms with Gasteiger partial charge in [0.05, 0.1) is 0 Å². The van der Waals surface area contributed by atoms with Crippen molar-refractivity contribution >= 4 is 5.97 Å². The molecule has 5 nitrogen and oxygen atoms in total. The standard InChI is InChI=1S/C12H26N2O3/c1-5-13-12(2,11(15)16)7-9-14(3)8-6-10-17-4/h13H,5-10H2,1-4H3,(H,15,16). The van der Waals surface area contributed by atoms with Crippen LogP contribution in [0, 0.1) is 0 Å². The van der Waals surface area contributed by atoms with Crippen molar-refractivity contribution in [1.29, 1.82) is 0 Å². The second-order valence-electron chi connectivity index (χ2n) is 4.57. The Bertz CT molecular complexity index is 224. The number of likely N-dealkylation sites (N-methyl/N-ethyl adjacent to an activating group) is 1. The van der Waals surface area contributed by atoms with Gasteiger partial charge in [-0.2, -0.15) is 0 Å². The Morgan fingerprint density at radius 2 is 2.12 bits per heavy atom. The van der Waals surface area contributed by atoms with Gasteiger partial charge in [-0.05, 0) is 33.4 Å². The van der Waals surface area contributed by atoms with E-state index in [1.165, 1.54) is 0 Å². The maximum absolute atomic E-state index is 11.2. The Morgan fingerprint density at radius 1 is 1.47 bits per heavy atom. The topological polar surface area (TPSA) is 61.8 Å². The van der Waals surface area contributed by atoms with Gasteiger partial charge in [0.15, 0.2) is 0 Å². The number of hydrogen-bond acceptors (Lipinski definition) is 4. The lowest BCUT2D eigenvalue weighted by molar-refractivity contribution is -0.144. The molecule has 0 heterocycles. The molecule has 0 bridgehead atoms. The van der Waals surface area contributed by atoms with Gasteiger partial charge in [-0.15, -0.1) is 0 Å². The van der Waals surface area contributed by atoms with E-state index < -0.39 is 11.5 Å². The smallest absolute Gasteiger partial charge is 0.323 e. The van der Waals surface area contributed by atoms with Crippen molar-refractivity contribution in [3.8, 4) is 0 Å². The monoisotopic (exact) mass is 246 g/mol. The molecule has 0 aromatic heterocycles. The zero-order valence-electron chi connectivity index (χ0n) is 11.5. The van der Waals surface area contributed by atoms with Gasteiger partial charge in [0, 0.05) is 26.8 Å². The molecule has 0 aliphatic carbocycles. The van der Waals surface area contributed by atoms with Crippen LogP contribution in [0.3, 0.4) is 0 Å². The van der Waals surface area contributed by atoms with E-state index in [9.17, 15) is 9.90 Å². The molecule has 2 N–H and O–H groups in total. The Labute approximate surface area is 104 Å². The number of rotatable bonds is 10. The molecule has 0 saturated carbocycles. The zero-order chi connectivity index (χ0) is 13.3. The quantitative estimate of drug-likeness (QED) is 0.558. The van der Waals surface area contributed by atoms with Crippen LogP contribution in [-0.2, 0) is 9.53 Å². The van der Waals surface area contributed by atoms with E-state index in [1.807, 2.05) is 14.0 Å². The van der Waals surface area contributed by atoms with E-state index in [2.05, 4.69) is 10.2 Å². The Hall–Kier alpha value is -0.650. The summed E-state index contributed by atoms with van der Waals surface area (Å²) in [5.74, 6) is -0.787. The van der Waals surface area contributed by atoms with E-state index in [-0.39, 0.29) is 0 Å². The largest absolute Gasteiger partial charge is 0.480 e. The lowest BCUT2D eigenvalue weighted by Gasteiger charge is -2.28. The van der Waals surface area contributed by atoms with E-state index in [0.29, 0.717) is 13.0 Å². The summed E-state index contributed by atoms with van der Waals surface area (Å²) in [6, 6.07) is 0. The van der Waals surface area contributed by atoms with Crippen LogP contribution in [0.15, 0.2) is 0 Å². The molecular weight excluding hydrogens is 220 g/mol. The third-order valence-corrected chi connectivity index (χ3v) is 2.92. The van der Waals surface area contributed by atoms with Gasteiger partial charge in [-0.3, -0.25) is 4.79 Å². The zero-order valence-corrected chi connectivity index (χ0v) is 11.5. The molecule has 17 heavy (non-hydrogen) atoms. The van der Waals surface area contributed by atoms with Crippen LogP contribution in [0.5, 0.6) is 0 Å². The molecule has 0 fully saturated rings. The number of carbonyl (C=O) groups is 1. The van der Waals surface area contributed by atoms with Crippen molar-refractivity contribution in [1.82, 2.24) is 10.2 Å². The Morgan fingerprint density at radius 3 is 2.59 bits per heavy atom. The van der Waals surface area contributed by atoms with Crippen LogP contribution in [0.1, 0.15) is 26.7 Å². The molecule has 1 unspecified atom stereocenters. The maximum Gasteiger partial charge on any atom is 0.323 e. The van der Waals surface area contributed by atoms with Crippen LogP contribution < -0.4 is 5.32 Å². The maximum atomic E-state index is 11.2. The molecule has 102 valence electrons. The minimum atomic E-state index is -0.829. The highest BCUT2D eigenvalue weighted by molar-refractivity contribution is 5.78. The van der Waals surface area contributed by atoms with Crippen molar-refractivity contribution in [2.24, 2.45) is 0 Å². The first-order valence-electron chi connectivity index (χ1n) is 6.12. The van der Waals surface area contributed by atoms with Crippen molar-refractivity contribution in [3.05, 3.63) is 0 Å². The highest BCUT2D eigenvalue weighted by atomic mass is 16.5. The molecule has 0 spiro atoms. The lowest BCUT2D eigenvalue weighted by Crippen LogP contribution is -2.51. The summed E-state index contributed by atoms with van der Waals surface area (Å²) in [5.41, 5.74) is -0.829. The molecular formula is C12H26N2O3. The van der Waals surface area contributed by atoms with Gasteiger partial charge in [-0.1, -0.05) is 6.92 Å². The van der Waals surface area contributed by atoms with Crippen LogP contribution in [0.25, 0.3) is 0 Å². The highest BCUT2D eigenvalue weighted by Crippen LogP contribution is 2.10. The summed E-state index contributed by atoms with van der Waals surface area (Å²) < 4.78 is 4.98. The SMILES string of the molecule is CCNC(C)(CCN(C)CCCOC)C(=O)O. The fraction of sp³-hybridized carbons (Fsp3) is 0.917. The minimum absolute atomic E-state index is 0.597. The van der Waals surface area contributed by atoms with Crippen molar-refractivity contribution in [3.63, 3.8) is 0 Å². The summed E-state index contributed by atoms with van der Waals surface area (Å²) in [7, 11) is 3.69. The number of nitrogens with one attached hydrogen (secondary N) is 1. The molecule has 0 saturated heterocycles. The van der Waals surface area contributed by atoms with Crippen LogP contribution >= 0.6 is 0 Å². The van der Waals surface area contributed by atoms with Crippen molar-refractivity contribution in [2.75, 3.05) is 40.4 Å². The van der Waals surface area contributed by atoms with Gasteiger partial charge >= 0.3 is 5.97 Å². The number of nitrogens with zero attached hydrogens (tertiary/aromatic N) is 1. The fourth-order valence-electron chi connectivity index (χ4n) is 1.67. The fourth-order valence-corrected chi connectivity index (χ4v) is 1.67. The number of carboxylic acids is 1. The Kier molecular flexibility index (Phi) is 8.12. The van der Waals surface area contributed by atoms with Gasteiger partial charge in [0.25, 0.3) is 0 Å². The first-order chi connectivity index (χ1) is 7.96. The summed E-state index contributed by atoms with van der Waals surface area (Å²) >= 11 is 0. The summed E-state index contributed by atoms with van der Waals surface area (Å²) in [4.78, 5) is 13.3. The number of carboxylic acid groups (broad SMARTS) is 1. The molecule has 5 heteroatoms. The molecule has 0 aromatic rings. The van der Waals surface area contributed by atoms with E-state index >= 15 is 0 Å². The summed E-state index contributed by atoms with van der Waals surface area (Å²) in [6.07, 6.45) is 1.57. The van der Waals surface area contributed by atoms with E-state index in [0.717, 1.165) is 26.1 Å². The second-order valence-corrected chi connectivity index (χ2v) is 4.57. The first kappa shape index (κ1) is 16.4. The van der Waals surface area contributed by atoms with Crippen molar-refractivity contribution in [2.45, 2.75) is 32.2 Å². The molecule has 0 aromatic carbocycles. The third-order valence-electron chi connectivity index (χ3n) is 2.92. The molecule has 0 amide bonds. The molecule has 1 atom stereocenters. The van der Waals surface area contributed by atoms with Gasteiger partial charge in [0.2, 0.25) is 0 Å². The summed E-state index contributed by atoms with van der Waals surface area (Å²) in [6.45, 7) is 6.75. The molecule has 0 aliphatic heterocycles. The van der Waals surface area contributed by atoms with Gasteiger partial charge in [0.1, 0.15) is 5.54 Å². The van der Waals surface area contributed by atoms with Gasteiger partial charge in [-0.25, -0.2) is 0 Å². The van der Waals surface area contributed by atoms with Crippen molar-refractivity contribution < 1.29 is 14.6 Å². The normalized spacial score (nSPS) is 14.9. The van der Waals surface area contributed by atoms with Crippen LogP contribution in [-0.4, -0.2) is 61.9 Å². The molecule has 0 radical (unpaired) electrons. The first-order valence-corrected chi connectivity index (χ1v) is 6.12. The molecule has 0 aliphatic rings. The second kappa shape index (κ2) is 8.44. The van der Waals surface area contributed by atoms with E-state index in [1.54, 1.807) is 14.0 Å². The predicted octanol–water partition coefficient (Wildman–Crippen LogP) is 0.798. The number of aliphatic carboxylic acids is 1. The average Bonchev–Trinajstić information content (AvgIpc) is 2.27. The highest BCUT2D eigenvalue weighted by Gasteiger charge is 2.31. The average molecular weight is 246 g/mol. The molecule has 0 rings (SSSR count). The van der Waals surface area contributed by atoms with Crippen LogP contribution in [0.4, 0.5) is 0 Å². The summed E-state index contributed by atoms with van der Waals surface area (Å²) in [5, 5.41) is 12.2. The van der Waals surface area contributed by atoms with Gasteiger partial charge < -0.3 is 20.1 Å². The number of ether oxygens (including phenoxy) is 1. The predicted molar refractivity (Wildman–Crippen MR) is 68.3 cm³/mol. The minimum Gasteiger partial charge on any atom is -0.480 e.